The molecule has 1 fully saturated rings. The molecule has 0 unspecified atom stereocenters. The molecule has 0 aromatic rings. The van der Waals surface area contributed by atoms with E-state index in [0.717, 1.165) is 25.9 Å². The molecule has 1 amide bonds. The molecule has 0 saturated carbocycles. The largest absolute Gasteiger partial charge is 0.394 e. The van der Waals surface area contributed by atoms with Gasteiger partial charge in [-0.2, -0.15) is 0 Å². The molecular formula is C12H23NO4. The monoisotopic (exact) mass is 245 g/mol. The summed E-state index contributed by atoms with van der Waals surface area (Å²) in [6.45, 7) is 5.88. The molecular weight excluding hydrogens is 222 g/mol. The molecule has 5 nitrogen and oxygen atoms in total. The zero-order valence-corrected chi connectivity index (χ0v) is 10.7. The van der Waals surface area contributed by atoms with Crippen molar-refractivity contribution in [2.75, 3.05) is 32.9 Å². The fourth-order valence-corrected chi connectivity index (χ4v) is 1.82. The van der Waals surface area contributed by atoms with E-state index in [2.05, 4.69) is 0 Å². The van der Waals surface area contributed by atoms with Crippen LogP contribution in [0.15, 0.2) is 0 Å². The minimum Gasteiger partial charge on any atom is -0.394 e. The first kappa shape index (κ1) is 14.4. The Hall–Kier alpha value is -0.650. The summed E-state index contributed by atoms with van der Waals surface area (Å²) in [5.74, 6) is 0.0549. The summed E-state index contributed by atoms with van der Waals surface area (Å²) in [5.41, 5.74) is 0. The molecule has 0 aromatic heterocycles. The van der Waals surface area contributed by atoms with Crippen molar-refractivity contribution in [3.63, 3.8) is 0 Å². The molecule has 1 saturated heterocycles. The third-order valence-corrected chi connectivity index (χ3v) is 2.78. The van der Waals surface area contributed by atoms with Crippen molar-refractivity contribution in [2.24, 2.45) is 0 Å². The fourth-order valence-electron chi connectivity index (χ4n) is 1.82. The number of piperidine rings is 1. The van der Waals surface area contributed by atoms with Gasteiger partial charge in [-0.25, -0.2) is 0 Å². The van der Waals surface area contributed by atoms with Gasteiger partial charge in [0.25, 0.3) is 0 Å². The van der Waals surface area contributed by atoms with Gasteiger partial charge in [-0.3, -0.25) is 4.79 Å². The third-order valence-electron chi connectivity index (χ3n) is 2.78. The van der Waals surface area contributed by atoms with Crippen LogP contribution in [-0.2, 0) is 14.3 Å². The molecule has 5 heteroatoms. The molecule has 17 heavy (non-hydrogen) atoms. The average molecular weight is 245 g/mol. The van der Waals surface area contributed by atoms with Gasteiger partial charge in [-0.05, 0) is 26.7 Å². The van der Waals surface area contributed by atoms with Crippen molar-refractivity contribution >= 4 is 5.91 Å². The summed E-state index contributed by atoms with van der Waals surface area (Å²) in [6, 6.07) is 0. The van der Waals surface area contributed by atoms with Gasteiger partial charge < -0.3 is 19.5 Å². The standard InChI is InChI=1S/C12H23NO4/c1-10(2)17-9-12(15)13-5-3-11(4-6-13)16-8-7-14/h10-11,14H,3-9H2,1-2H3. The Morgan fingerprint density at radius 2 is 2.06 bits per heavy atom. The van der Waals surface area contributed by atoms with Gasteiger partial charge in [0.1, 0.15) is 6.61 Å². The summed E-state index contributed by atoms with van der Waals surface area (Å²) < 4.78 is 10.7. The molecule has 1 N–H and O–H groups in total. The first-order chi connectivity index (χ1) is 8.13. The molecule has 0 aromatic carbocycles. The summed E-state index contributed by atoms with van der Waals surface area (Å²) in [6.07, 6.45) is 1.95. The van der Waals surface area contributed by atoms with Crippen LogP contribution in [0.25, 0.3) is 0 Å². The molecule has 0 spiro atoms. The van der Waals surface area contributed by atoms with Gasteiger partial charge in [-0.1, -0.05) is 0 Å². The topological polar surface area (TPSA) is 59.0 Å². The van der Waals surface area contributed by atoms with E-state index in [9.17, 15) is 4.79 Å². The van der Waals surface area contributed by atoms with Crippen molar-refractivity contribution in [3.8, 4) is 0 Å². The van der Waals surface area contributed by atoms with E-state index in [-0.39, 0.29) is 31.3 Å². The minimum atomic E-state index is 0.0549. The number of ether oxygens (including phenoxy) is 2. The van der Waals surface area contributed by atoms with Crippen LogP contribution in [0, 0.1) is 0 Å². The van der Waals surface area contributed by atoms with Gasteiger partial charge in [0.2, 0.25) is 5.91 Å². The van der Waals surface area contributed by atoms with Crippen molar-refractivity contribution in [2.45, 2.75) is 38.9 Å². The Morgan fingerprint density at radius 1 is 1.41 bits per heavy atom. The number of rotatable bonds is 6. The predicted molar refractivity (Wildman–Crippen MR) is 63.7 cm³/mol. The van der Waals surface area contributed by atoms with Crippen LogP contribution in [0.5, 0.6) is 0 Å². The number of hydrogen-bond acceptors (Lipinski definition) is 4. The van der Waals surface area contributed by atoms with Crippen LogP contribution in [-0.4, -0.2) is 61.0 Å². The van der Waals surface area contributed by atoms with Crippen LogP contribution in [0.3, 0.4) is 0 Å². The molecule has 100 valence electrons. The Balaban J connectivity index is 2.19. The maximum absolute atomic E-state index is 11.7. The second-order valence-corrected chi connectivity index (χ2v) is 4.53. The van der Waals surface area contributed by atoms with E-state index in [1.165, 1.54) is 0 Å². The third kappa shape index (κ3) is 5.48. The fraction of sp³-hybridized carbons (Fsp3) is 0.917. The SMILES string of the molecule is CC(C)OCC(=O)N1CCC(OCCO)CC1. The van der Waals surface area contributed by atoms with Crippen molar-refractivity contribution in [1.82, 2.24) is 4.90 Å². The lowest BCUT2D eigenvalue weighted by Gasteiger charge is -2.32. The molecule has 1 aliphatic heterocycles. The maximum Gasteiger partial charge on any atom is 0.248 e. The Bertz CT molecular complexity index is 225. The lowest BCUT2D eigenvalue weighted by atomic mass is 10.1. The summed E-state index contributed by atoms with van der Waals surface area (Å²) in [5, 5.41) is 8.65. The van der Waals surface area contributed by atoms with Gasteiger partial charge in [0.05, 0.1) is 25.4 Å². The number of aliphatic hydroxyl groups is 1. The number of aliphatic hydroxyl groups excluding tert-OH is 1. The first-order valence-electron chi connectivity index (χ1n) is 6.25. The highest BCUT2D eigenvalue weighted by atomic mass is 16.5. The van der Waals surface area contributed by atoms with Crippen LogP contribution in [0.4, 0.5) is 0 Å². The average Bonchev–Trinajstić information content (AvgIpc) is 2.34. The van der Waals surface area contributed by atoms with Crippen LogP contribution < -0.4 is 0 Å². The molecule has 0 atom stereocenters. The number of likely N-dealkylation sites (tertiary alicyclic amines) is 1. The number of hydrogen-bond donors (Lipinski definition) is 1. The van der Waals surface area contributed by atoms with Crippen LogP contribution >= 0.6 is 0 Å². The molecule has 0 radical (unpaired) electrons. The normalized spacial score (nSPS) is 17.8. The molecule has 0 bridgehead atoms. The highest BCUT2D eigenvalue weighted by Crippen LogP contribution is 2.13. The molecule has 0 aliphatic carbocycles. The number of amides is 1. The number of nitrogens with zero attached hydrogens (tertiary/aromatic N) is 1. The lowest BCUT2D eigenvalue weighted by Crippen LogP contribution is -2.43. The zero-order valence-electron chi connectivity index (χ0n) is 10.7. The lowest BCUT2D eigenvalue weighted by molar-refractivity contribution is -0.140. The summed E-state index contributed by atoms with van der Waals surface area (Å²) in [7, 11) is 0. The van der Waals surface area contributed by atoms with Gasteiger partial charge in [0, 0.05) is 13.1 Å². The first-order valence-corrected chi connectivity index (χ1v) is 6.25. The quantitative estimate of drug-likeness (QED) is 0.736. The van der Waals surface area contributed by atoms with E-state index in [0.29, 0.717) is 6.61 Å². The second kappa shape index (κ2) is 7.63. The smallest absolute Gasteiger partial charge is 0.248 e. The van der Waals surface area contributed by atoms with E-state index in [4.69, 9.17) is 14.6 Å². The molecule has 1 aliphatic rings. The van der Waals surface area contributed by atoms with E-state index in [1.54, 1.807) is 0 Å². The highest BCUT2D eigenvalue weighted by molar-refractivity contribution is 5.77. The van der Waals surface area contributed by atoms with Crippen LogP contribution in [0.1, 0.15) is 26.7 Å². The minimum absolute atomic E-state index is 0.0549. The number of carbonyl (C=O) groups excluding carboxylic acids is 1. The van der Waals surface area contributed by atoms with Gasteiger partial charge >= 0.3 is 0 Å². The van der Waals surface area contributed by atoms with Crippen LogP contribution in [0.2, 0.25) is 0 Å². The van der Waals surface area contributed by atoms with Gasteiger partial charge in [-0.15, -0.1) is 0 Å². The van der Waals surface area contributed by atoms with Crippen molar-refractivity contribution in [1.29, 1.82) is 0 Å². The Morgan fingerprint density at radius 3 is 2.59 bits per heavy atom. The summed E-state index contributed by atoms with van der Waals surface area (Å²) in [4.78, 5) is 13.6. The second-order valence-electron chi connectivity index (χ2n) is 4.53. The van der Waals surface area contributed by atoms with Crippen molar-refractivity contribution < 1.29 is 19.4 Å². The summed E-state index contributed by atoms with van der Waals surface area (Å²) >= 11 is 0. The zero-order chi connectivity index (χ0) is 12.7. The van der Waals surface area contributed by atoms with E-state index < -0.39 is 0 Å². The van der Waals surface area contributed by atoms with E-state index in [1.807, 2.05) is 18.7 Å². The Kier molecular flexibility index (Phi) is 6.47. The Labute approximate surface area is 103 Å². The predicted octanol–water partition coefficient (Wildman–Crippen LogP) is 0.411. The van der Waals surface area contributed by atoms with E-state index >= 15 is 0 Å². The molecule has 1 rings (SSSR count). The highest BCUT2D eigenvalue weighted by Gasteiger charge is 2.23. The van der Waals surface area contributed by atoms with Gasteiger partial charge in [0.15, 0.2) is 0 Å². The molecule has 1 heterocycles. The maximum atomic E-state index is 11.7. The number of carbonyl (C=O) groups is 1. The van der Waals surface area contributed by atoms with Crippen molar-refractivity contribution in [3.05, 3.63) is 0 Å².